The largest absolute Gasteiger partial charge is 0.428 e. The number of likely N-dealkylation sites (tertiary alicyclic amines) is 1. The summed E-state index contributed by atoms with van der Waals surface area (Å²) in [5.74, 6) is -1.53. The molecule has 2 heterocycles. The summed E-state index contributed by atoms with van der Waals surface area (Å²) < 4.78 is 71.1. The van der Waals surface area contributed by atoms with E-state index in [2.05, 4.69) is 5.48 Å². The van der Waals surface area contributed by atoms with E-state index in [1.807, 2.05) is 0 Å². The van der Waals surface area contributed by atoms with Crippen molar-refractivity contribution in [3.05, 3.63) is 75.0 Å². The zero-order valence-electron chi connectivity index (χ0n) is 17.0. The number of halogens is 7. The van der Waals surface area contributed by atoms with Gasteiger partial charge in [0, 0.05) is 5.56 Å². The van der Waals surface area contributed by atoms with Crippen molar-refractivity contribution in [1.82, 2.24) is 10.4 Å². The van der Waals surface area contributed by atoms with Gasteiger partial charge >= 0.3 is 6.18 Å². The van der Waals surface area contributed by atoms with Gasteiger partial charge in [-0.05, 0) is 29.3 Å². The van der Waals surface area contributed by atoms with Crippen LogP contribution in [0.25, 0.3) is 5.70 Å². The number of carbonyl (C=O) groups is 1. The van der Waals surface area contributed by atoms with Gasteiger partial charge in [-0.2, -0.15) is 18.4 Å². The lowest BCUT2D eigenvalue weighted by Gasteiger charge is -2.44. The van der Waals surface area contributed by atoms with E-state index in [1.165, 1.54) is 29.2 Å². The Labute approximate surface area is 200 Å². The molecule has 1 fully saturated rings. The maximum Gasteiger partial charge on any atom is 0.428 e. The van der Waals surface area contributed by atoms with Gasteiger partial charge in [0.2, 0.25) is 11.5 Å². The zero-order valence-corrected chi connectivity index (χ0v) is 18.5. The molecule has 0 bridgehead atoms. The number of hydroxylamine groups is 1. The molecule has 2 aromatic carbocycles. The molecule has 4 rings (SSSR count). The van der Waals surface area contributed by atoms with Gasteiger partial charge in [0.05, 0.1) is 34.9 Å². The van der Waals surface area contributed by atoms with E-state index in [0.29, 0.717) is 0 Å². The standard InChI is InChI=1S/C22H14Cl2F5N3O2/c23-15-7-14(8-16(24)19(15)25)21(22(27,28)29)9-17(31-34-21)12-1-3-13(4-2-12)20(26)10-32(11-20)18(33)5-6-30/h1-4,7-9,31H,5,10-11H2. The third-order valence-corrected chi connectivity index (χ3v) is 6.23. The van der Waals surface area contributed by atoms with E-state index in [1.54, 1.807) is 6.07 Å². The smallest absolute Gasteiger partial charge is 0.335 e. The first kappa shape index (κ1) is 24.3. The highest BCUT2D eigenvalue weighted by molar-refractivity contribution is 6.35. The number of rotatable bonds is 4. The van der Waals surface area contributed by atoms with Crippen LogP contribution in [-0.4, -0.2) is 30.1 Å². The van der Waals surface area contributed by atoms with Crippen LogP contribution >= 0.6 is 23.2 Å². The van der Waals surface area contributed by atoms with Crippen LogP contribution in [0.5, 0.6) is 0 Å². The van der Waals surface area contributed by atoms with Crippen LogP contribution in [-0.2, 0) is 20.9 Å². The van der Waals surface area contributed by atoms with Crippen molar-refractivity contribution in [1.29, 1.82) is 5.26 Å². The number of hydrogen-bond donors (Lipinski definition) is 1. The monoisotopic (exact) mass is 517 g/mol. The van der Waals surface area contributed by atoms with Crippen molar-refractivity contribution in [3.8, 4) is 6.07 Å². The van der Waals surface area contributed by atoms with Gasteiger partial charge in [0.15, 0.2) is 11.5 Å². The topological polar surface area (TPSA) is 65.4 Å². The molecular weight excluding hydrogens is 504 g/mol. The fourth-order valence-electron chi connectivity index (χ4n) is 3.80. The third-order valence-electron chi connectivity index (χ3n) is 5.68. The molecule has 34 heavy (non-hydrogen) atoms. The van der Waals surface area contributed by atoms with Crippen LogP contribution in [0.4, 0.5) is 22.0 Å². The maximum atomic E-state index is 15.1. The molecule has 0 aliphatic carbocycles. The number of carbonyl (C=O) groups excluding carboxylic acids is 1. The van der Waals surface area contributed by atoms with E-state index >= 15 is 4.39 Å². The van der Waals surface area contributed by atoms with Crippen molar-refractivity contribution >= 4 is 34.8 Å². The van der Waals surface area contributed by atoms with Crippen molar-refractivity contribution in [2.45, 2.75) is 23.9 Å². The molecule has 1 N–H and O–H groups in total. The second-order valence-corrected chi connectivity index (χ2v) is 8.69. The fourth-order valence-corrected chi connectivity index (χ4v) is 4.29. The number of nitrogens with zero attached hydrogens (tertiary/aromatic N) is 2. The molecule has 0 aromatic heterocycles. The van der Waals surface area contributed by atoms with Gasteiger partial charge in [0.1, 0.15) is 6.42 Å². The third kappa shape index (κ3) is 3.98. The van der Waals surface area contributed by atoms with Gasteiger partial charge in [-0.1, -0.05) is 47.5 Å². The summed E-state index contributed by atoms with van der Waals surface area (Å²) in [6.07, 6.45) is -4.56. The van der Waals surface area contributed by atoms with E-state index in [4.69, 9.17) is 33.3 Å². The number of amides is 1. The van der Waals surface area contributed by atoms with E-state index in [0.717, 1.165) is 18.2 Å². The second kappa shape index (κ2) is 8.41. The van der Waals surface area contributed by atoms with Crippen molar-refractivity contribution < 1.29 is 31.6 Å². The lowest BCUT2D eigenvalue weighted by molar-refractivity contribution is -0.269. The second-order valence-electron chi connectivity index (χ2n) is 7.88. The molecule has 178 valence electrons. The molecule has 2 aliphatic heterocycles. The Morgan fingerprint density at radius 3 is 2.26 bits per heavy atom. The molecule has 0 radical (unpaired) electrons. The summed E-state index contributed by atoms with van der Waals surface area (Å²) >= 11 is 11.4. The van der Waals surface area contributed by atoms with Crippen LogP contribution in [0.2, 0.25) is 10.0 Å². The molecule has 1 saturated heterocycles. The molecule has 2 aromatic rings. The lowest BCUT2D eigenvalue weighted by Crippen LogP contribution is -2.58. The summed E-state index contributed by atoms with van der Waals surface area (Å²) in [5.41, 5.74) is -2.70. The summed E-state index contributed by atoms with van der Waals surface area (Å²) in [6, 6.07) is 8.85. The Balaban J connectivity index is 1.61. The van der Waals surface area contributed by atoms with Crippen molar-refractivity contribution in [3.63, 3.8) is 0 Å². The molecule has 1 amide bonds. The van der Waals surface area contributed by atoms with Gasteiger partial charge in [-0.25, -0.2) is 8.78 Å². The molecule has 0 spiro atoms. The normalized spacial score (nSPS) is 21.4. The van der Waals surface area contributed by atoms with Crippen LogP contribution in [0.15, 0.2) is 42.5 Å². The van der Waals surface area contributed by atoms with Gasteiger partial charge in [0.25, 0.3) is 0 Å². The summed E-state index contributed by atoms with van der Waals surface area (Å²) in [5, 5.41) is 7.37. The first-order valence-electron chi connectivity index (χ1n) is 9.73. The predicted octanol–water partition coefficient (Wildman–Crippen LogP) is 5.39. The minimum absolute atomic E-state index is 0.0622. The van der Waals surface area contributed by atoms with E-state index < -0.39 is 44.8 Å². The van der Waals surface area contributed by atoms with Crippen molar-refractivity contribution in [2.24, 2.45) is 0 Å². The Morgan fingerprint density at radius 1 is 1.15 bits per heavy atom. The molecular formula is C22H14Cl2F5N3O2. The van der Waals surface area contributed by atoms with E-state index in [-0.39, 0.29) is 36.3 Å². The summed E-state index contributed by atoms with van der Waals surface area (Å²) in [7, 11) is 0. The minimum atomic E-state index is -4.97. The number of benzene rings is 2. The van der Waals surface area contributed by atoms with Crippen LogP contribution in [0.1, 0.15) is 23.1 Å². The summed E-state index contributed by atoms with van der Waals surface area (Å²) in [6.45, 7) is -0.444. The van der Waals surface area contributed by atoms with Gasteiger partial charge in [-0.15, -0.1) is 0 Å². The number of nitriles is 1. The highest BCUT2D eigenvalue weighted by Crippen LogP contribution is 2.48. The highest BCUT2D eigenvalue weighted by Gasteiger charge is 2.60. The van der Waals surface area contributed by atoms with E-state index in [9.17, 15) is 22.4 Å². The molecule has 2 aliphatic rings. The molecule has 12 heteroatoms. The van der Waals surface area contributed by atoms with Gasteiger partial charge < -0.3 is 4.90 Å². The Bertz CT molecular complexity index is 1200. The molecule has 5 nitrogen and oxygen atoms in total. The Morgan fingerprint density at radius 2 is 1.74 bits per heavy atom. The Kier molecular flexibility index (Phi) is 6.00. The quantitative estimate of drug-likeness (QED) is 0.436. The molecule has 1 atom stereocenters. The van der Waals surface area contributed by atoms with Crippen LogP contribution in [0, 0.1) is 17.1 Å². The van der Waals surface area contributed by atoms with Crippen molar-refractivity contribution in [2.75, 3.05) is 13.1 Å². The first-order valence-corrected chi connectivity index (χ1v) is 10.5. The van der Waals surface area contributed by atoms with Gasteiger partial charge in [-0.3, -0.25) is 15.1 Å². The maximum absolute atomic E-state index is 15.1. The molecule has 1 unspecified atom stereocenters. The SMILES string of the molecule is N#CCC(=O)N1CC(F)(c2ccc(C3=CC(c4cc(Cl)c(F)c(Cl)c4)(C(F)(F)F)ON3)cc2)C1. The van der Waals surface area contributed by atoms with Crippen LogP contribution < -0.4 is 5.48 Å². The average Bonchev–Trinajstić information content (AvgIpc) is 3.22. The number of nitrogens with one attached hydrogen (secondary N) is 1. The lowest BCUT2D eigenvalue weighted by atomic mass is 9.86. The number of hydrogen-bond acceptors (Lipinski definition) is 4. The highest BCUT2D eigenvalue weighted by atomic mass is 35.5. The van der Waals surface area contributed by atoms with Crippen LogP contribution in [0.3, 0.4) is 0 Å². The summed E-state index contributed by atoms with van der Waals surface area (Å²) in [4.78, 5) is 17.8. The predicted molar refractivity (Wildman–Crippen MR) is 112 cm³/mol. The first-order chi connectivity index (χ1) is 15.9. The number of alkyl halides is 4. The molecule has 0 saturated carbocycles. The fraction of sp³-hybridized carbons (Fsp3) is 0.273. The minimum Gasteiger partial charge on any atom is -0.335 e. The Hall–Kier alpha value is -2.87. The average molecular weight is 518 g/mol. The zero-order chi connectivity index (χ0) is 24.9.